The van der Waals surface area contributed by atoms with Gasteiger partial charge in [-0.1, -0.05) is 30.3 Å². The van der Waals surface area contributed by atoms with Crippen LogP contribution < -0.4 is 11.1 Å². The minimum absolute atomic E-state index is 0.232. The molecule has 4 nitrogen and oxygen atoms in total. The molecule has 0 bridgehead atoms. The van der Waals surface area contributed by atoms with Gasteiger partial charge in [-0.15, -0.1) is 0 Å². The minimum Gasteiger partial charge on any atom is -0.392 e. The van der Waals surface area contributed by atoms with Crippen LogP contribution in [0.3, 0.4) is 0 Å². The van der Waals surface area contributed by atoms with Gasteiger partial charge in [-0.25, -0.2) is 0 Å². The van der Waals surface area contributed by atoms with E-state index in [-0.39, 0.29) is 12.5 Å². The molecule has 0 aliphatic heterocycles. The molecule has 0 aromatic heterocycles. The second-order valence-electron chi connectivity index (χ2n) is 3.89. The highest BCUT2D eigenvalue weighted by Crippen LogP contribution is 2.01. The smallest absolute Gasteiger partial charge is 0.237 e. The van der Waals surface area contributed by atoms with Gasteiger partial charge in [-0.3, -0.25) is 4.79 Å². The maximum absolute atomic E-state index is 11.5. The molecule has 88 valence electrons. The lowest BCUT2D eigenvalue weighted by Gasteiger charge is -2.13. The topological polar surface area (TPSA) is 75.3 Å². The molecule has 0 saturated carbocycles. The fourth-order valence-electron chi connectivity index (χ4n) is 1.34. The molecule has 0 heterocycles. The van der Waals surface area contributed by atoms with Crippen molar-refractivity contribution in [3.8, 4) is 0 Å². The Morgan fingerprint density at radius 3 is 2.62 bits per heavy atom. The van der Waals surface area contributed by atoms with Gasteiger partial charge in [0.2, 0.25) is 5.91 Å². The molecule has 0 aliphatic rings. The van der Waals surface area contributed by atoms with E-state index in [1.807, 2.05) is 30.3 Å². The molecule has 1 aromatic carbocycles. The first-order valence-electron chi connectivity index (χ1n) is 5.35. The van der Waals surface area contributed by atoms with Crippen LogP contribution in [0.15, 0.2) is 30.3 Å². The van der Waals surface area contributed by atoms with Gasteiger partial charge in [0.05, 0.1) is 12.1 Å². The molecule has 0 aliphatic carbocycles. The fourth-order valence-corrected chi connectivity index (χ4v) is 1.34. The highest BCUT2D eigenvalue weighted by molar-refractivity contribution is 5.81. The Bertz CT molecular complexity index is 325. The van der Waals surface area contributed by atoms with Gasteiger partial charge in [0.15, 0.2) is 0 Å². The normalized spacial score (nSPS) is 14.2. The number of nitrogens with one attached hydrogen (secondary N) is 1. The molecular weight excluding hydrogens is 204 g/mol. The molecule has 1 aromatic rings. The van der Waals surface area contributed by atoms with E-state index in [1.54, 1.807) is 6.92 Å². The largest absolute Gasteiger partial charge is 0.392 e. The Labute approximate surface area is 95.5 Å². The second-order valence-corrected chi connectivity index (χ2v) is 3.89. The predicted molar refractivity (Wildman–Crippen MR) is 62.8 cm³/mol. The van der Waals surface area contributed by atoms with E-state index in [1.165, 1.54) is 0 Å². The third-order valence-electron chi connectivity index (χ3n) is 2.21. The number of nitrogens with two attached hydrogens (primary N) is 1. The summed E-state index contributed by atoms with van der Waals surface area (Å²) in [5.74, 6) is -0.232. The van der Waals surface area contributed by atoms with Crippen molar-refractivity contribution in [2.75, 3.05) is 6.54 Å². The predicted octanol–water partition coefficient (Wildman–Crippen LogP) is 0.0534. The molecule has 0 radical (unpaired) electrons. The molecular formula is C12H18N2O2. The SMILES string of the molecule is C[C@@H](O)CNC(=O)[C@H](N)Cc1ccccc1. The maximum atomic E-state index is 11.5. The van der Waals surface area contributed by atoms with Gasteiger partial charge >= 0.3 is 0 Å². The van der Waals surface area contributed by atoms with Gasteiger partial charge in [0, 0.05) is 6.54 Å². The van der Waals surface area contributed by atoms with Gasteiger partial charge in [-0.2, -0.15) is 0 Å². The summed E-state index contributed by atoms with van der Waals surface area (Å²) in [6.07, 6.45) is -0.0418. The maximum Gasteiger partial charge on any atom is 0.237 e. The van der Waals surface area contributed by atoms with Crippen LogP contribution in [0.25, 0.3) is 0 Å². The molecule has 2 atom stereocenters. The third kappa shape index (κ3) is 4.42. The van der Waals surface area contributed by atoms with Gasteiger partial charge in [-0.05, 0) is 18.9 Å². The zero-order chi connectivity index (χ0) is 12.0. The van der Waals surface area contributed by atoms with E-state index in [4.69, 9.17) is 10.8 Å². The summed E-state index contributed by atoms with van der Waals surface area (Å²) in [6, 6.07) is 9.04. The number of hydrogen-bond donors (Lipinski definition) is 3. The van der Waals surface area contributed by atoms with Crippen LogP contribution in [0.4, 0.5) is 0 Å². The number of benzene rings is 1. The number of rotatable bonds is 5. The lowest BCUT2D eigenvalue weighted by atomic mass is 10.1. The van der Waals surface area contributed by atoms with Crippen molar-refractivity contribution in [3.05, 3.63) is 35.9 Å². The molecule has 0 saturated heterocycles. The van der Waals surface area contributed by atoms with Gasteiger partial charge < -0.3 is 16.2 Å². The monoisotopic (exact) mass is 222 g/mol. The summed E-state index contributed by atoms with van der Waals surface area (Å²) in [4.78, 5) is 11.5. The lowest BCUT2D eigenvalue weighted by molar-refractivity contribution is -0.122. The Morgan fingerprint density at radius 1 is 1.44 bits per heavy atom. The number of carbonyl (C=O) groups is 1. The van der Waals surface area contributed by atoms with E-state index in [2.05, 4.69) is 5.32 Å². The summed E-state index contributed by atoms with van der Waals surface area (Å²) in [5, 5.41) is 11.6. The van der Waals surface area contributed by atoms with Crippen LogP contribution in [0.5, 0.6) is 0 Å². The molecule has 0 spiro atoms. The van der Waals surface area contributed by atoms with Crippen LogP contribution >= 0.6 is 0 Å². The van der Waals surface area contributed by atoms with Crippen molar-refractivity contribution in [1.82, 2.24) is 5.32 Å². The van der Waals surface area contributed by atoms with Crippen molar-refractivity contribution in [3.63, 3.8) is 0 Å². The summed E-state index contributed by atoms with van der Waals surface area (Å²) in [7, 11) is 0. The zero-order valence-electron chi connectivity index (χ0n) is 9.39. The Hall–Kier alpha value is -1.39. The minimum atomic E-state index is -0.568. The van der Waals surface area contributed by atoms with Crippen molar-refractivity contribution >= 4 is 5.91 Å². The third-order valence-corrected chi connectivity index (χ3v) is 2.21. The summed E-state index contributed by atoms with van der Waals surface area (Å²) < 4.78 is 0. The Kier molecular flexibility index (Phi) is 4.95. The number of aliphatic hydroxyl groups is 1. The van der Waals surface area contributed by atoms with Crippen LogP contribution in [0, 0.1) is 0 Å². The summed E-state index contributed by atoms with van der Waals surface area (Å²) >= 11 is 0. The summed E-state index contributed by atoms with van der Waals surface area (Å²) in [5.41, 5.74) is 6.77. The molecule has 16 heavy (non-hydrogen) atoms. The first-order chi connectivity index (χ1) is 7.59. The highest BCUT2D eigenvalue weighted by Gasteiger charge is 2.13. The standard InChI is InChI=1S/C12H18N2O2/c1-9(15)8-14-12(16)11(13)7-10-5-3-2-4-6-10/h2-6,9,11,15H,7-8,13H2,1H3,(H,14,16)/t9-,11-/m1/s1. The van der Waals surface area contributed by atoms with E-state index < -0.39 is 12.1 Å². The fraction of sp³-hybridized carbons (Fsp3) is 0.417. The van der Waals surface area contributed by atoms with E-state index >= 15 is 0 Å². The lowest BCUT2D eigenvalue weighted by Crippen LogP contribution is -2.44. The van der Waals surface area contributed by atoms with Crippen molar-refractivity contribution in [1.29, 1.82) is 0 Å². The Balaban J connectivity index is 2.40. The summed E-state index contributed by atoms with van der Waals surface area (Å²) in [6.45, 7) is 1.85. The number of amides is 1. The quantitative estimate of drug-likeness (QED) is 0.659. The second kappa shape index (κ2) is 6.25. The average Bonchev–Trinajstić information content (AvgIpc) is 2.27. The highest BCUT2D eigenvalue weighted by atomic mass is 16.3. The average molecular weight is 222 g/mol. The number of aliphatic hydroxyl groups excluding tert-OH is 1. The zero-order valence-corrected chi connectivity index (χ0v) is 9.39. The Morgan fingerprint density at radius 2 is 2.06 bits per heavy atom. The van der Waals surface area contributed by atoms with Gasteiger partial charge in [0.1, 0.15) is 0 Å². The van der Waals surface area contributed by atoms with Crippen LogP contribution in [0.1, 0.15) is 12.5 Å². The first kappa shape index (κ1) is 12.7. The van der Waals surface area contributed by atoms with Crippen LogP contribution in [-0.2, 0) is 11.2 Å². The van der Waals surface area contributed by atoms with Crippen molar-refractivity contribution in [2.24, 2.45) is 5.73 Å². The molecule has 4 N–H and O–H groups in total. The number of hydrogen-bond acceptors (Lipinski definition) is 3. The van der Waals surface area contributed by atoms with Crippen LogP contribution in [-0.4, -0.2) is 29.7 Å². The number of carbonyl (C=O) groups excluding carboxylic acids is 1. The van der Waals surface area contributed by atoms with E-state index in [0.29, 0.717) is 6.42 Å². The molecule has 0 fully saturated rings. The first-order valence-corrected chi connectivity index (χ1v) is 5.35. The van der Waals surface area contributed by atoms with E-state index in [9.17, 15) is 4.79 Å². The molecule has 4 heteroatoms. The molecule has 1 rings (SSSR count). The van der Waals surface area contributed by atoms with E-state index in [0.717, 1.165) is 5.56 Å². The molecule has 0 unspecified atom stereocenters. The van der Waals surface area contributed by atoms with Crippen molar-refractivity contribution in [2.45, 2.75) is 25.5 Å². The van der Waals surface area contributed by atoms with Gasteiger partial charge in [0.25, 0.3) is 0 Å². The molecule has 1 amide bonds. The van der Waals surface area contributed by atoms with Crippen LogP contribution in [0.2, 0.25) is 0 Å². The van der Waals surface area contributed by atoms with Crippen molar-refractivity contribution < 1.29 is 9.90 Å².